The Bertz CT molecular complexity index is 745. The zero-order valence-corrected chi connectivity index (χ0v) is 14.6. The molecule has 0 spiro atoms. The molecular formula is C21H22F2N2O. The van der Waals surface area contributed by atoms with Gasteiger partial charge in [-0.2, -0.15) is 0 Å². The molecule has 2 aliphatic rings. The summed E-state index contributed by atoms with van der Waals surface area (Å²) in [7, 11) is 0. The van der Waals surface area contributed by atoms with Gasteiger partial charge in [0.05, 0.1) is 0 Å². The summed E-state index contributed by atoms with van der Waals surface area (Å²) in [5.41, 5.74) is 1.38. The SMILES string of the molecule is O=C(N1CCC(c2ccccc2F)C1)N1CCC(c2ccccc2F)C1. The molecule has 0 saturated carbocycles. The van der Waals surface area contributed by atoms with Gasteiger partial charge >= 0.3 is 6.03 Å². The van der Waals surface area contributed by atoms with Crippen LogP contribution in [0, 0.1) is 11.6 Å². The predicted molar refractivity (Wildman–Crippen MR) is 96.1 cm³/mol. The highest BCUT2D eigenvalue weighted by Gasteiger charge is 2.35. The molecule has 2 aromatic carbocycles. The Labute approximate surface area is 152 Å². The Morgan fingerprint density at radius 3 is 1.62 bits per heavy atom. The molecule has 2 saturated heterocycles. The number of amides is 2. The summed E-state index contributed by atoms with van der Waals surface area (Å²) in [6.07, 6.45) is 1.55. The first-order chi connectivity index (χ1) is 12.6. The number of hydrogen-bond donors (Lipinski definition) is 0. The number of halogens is 2. The van der Waals surface area contributed by atoms with E-state index in [0.29, 0.717) is 37.3 Å². The van der Waals surface area contributed by atoms with Gasteiger partial charge in [0.1, 0.15) is 11.6 Å². The Morgan fingerprint density at radius 2 is 1.19 bits per heavy atom. The van der Waals surface area contributed by atoms with Gasteiger partial charge in [0.25, 0.3) is 0 Å². The molecule has 5 heteroatoms. The molecule has 0 aliphatic carbocycles. The Balaban J connectivity index is 1.40. The molecule has 2 aliphatic heterocycles. The average molecular weight is 356 g/mol. The van der Waals surface area contributed by atoms with Crippen molar-refractivity contribution in [3.05, 3.63) is 71.3 Å². The van der Waals surface area contributed by atoms with Gasteiger partial charge in [-0.3, -0.25) is 0 Å². The highest BCUT2D eigenvalue weighted by Crippen LogP contribution is 2.32. The van der Waals surface area contributed by atoms with Crippen molar-refractivity contribution in [3.63, 3.8) is 0 Å². The molecule has 136 valence electrons. The Kier molecular flexibility index (Phi) is 4.62. The third-order valence-corrected chi connectivity index (χ3v) is 5.61. The normalized spacial score (nSPS) is 22.8. The maximum absolute atomic E-state index is 14.0. The lowest BCUT2D eigenvalue weighted by molar-refractivity contribution is 0.171. The van der Waals surface area contributed by atoms with Gasteiger partial charge in [-0.05, 0) is 36.1 Å². The van der Waals surface area contributed by atoms with Gasteiger partial charge in [-0.15, -0.1) is 0 Å². The van der Waals surface area contributed by atoms with Crippen molar-refractivity contribution in [2.45, 2.75) is 24.7 Å². The predicted octanol–water partition coefficient (Wildman–Crippen LogP) is 4.36. The van der Waals surface area contributed by atoms with Crippen molar-refractivity contribution in [1.82, 2.24) is 9.80 Å². The van der Waals surface area contributed by atoms with Crippen LogP contribution in [0.2, 0.25) is 0 Å². The van der Waals surface area contributed by atoms with Gasteiger partial charge in [0.15, 0.2) is 0 Å². The number of urea groups is 1. The van der Waals surface area contributed by atoms with Gasteiger partial charge in [0.2, 0.25) is 0 Å². The van der Waals surface area contributed by atoms with Gasteiger partial charge < -0.3 is 9.80 Å². The van der Waals surface area contributed by atoms with Gasteiger partial charge in [-0.1, -0.05) is 36.4 Å². The number of rotatable bonds is 2. The van der Waals surface area contributed by atoms with E-state index in [1.807, 2.05) is 12.1 Å². The third-order valence-electron chi connectivity index (χ3n) is 5.61. The molecule has 2 amide bonds. The van der Waals surface area contributed by atoms with Crippen LogP contribution in [-0.4, -0.2) is 42.0 Å². The molecule has 0 bridgehead atoms. The maximum Gasteiger partial charge on any atom is 0.320 e. The highest BCUT2D eigenvalue weighted by atomic mass is 19.1. The van der Waals surface area contributed by atoms with E-state index in [2.05, 4.69) is 0 Å². The second kappa shape index (κ2) is 7.06. The fraction of sp³-hybridized carbons (Fsp3) is 0.381. The van der Waals surface area contributed by atoms with Crippen molar-refractivity contribution in [2.75, 3.05) is 26.2 Å². The van der Waals surface area contributed by atoms with Crippen LogP contribution in [0.5, 0.6) is 0 Å². The first-order valence-electron chi connectivity index (χ1n) is 9.16. The molecule has 4 rings (SSSR count). The minimum absolute atomic E-state index is 0.0114. The quantitative estimate of drug-likeness (QED) is 0.784. The standard InChI is InChI=1S/C21H22F2N2O/c22-19-7-3-1-5-17(19)15-9-11-24(13-15)21(26)25-12-10-16(14-25)18-6-2-4-8-20(18)23/h1-8,15-16H,9-14H2. The number of hydrogen-bond acceptors (Lipinski definition) is 1. The van der Waals surface area contributed by atoms with Crippen LogP contribution in [0.25, 0.3) is 0 Å². The van der Waals surface area contributed by atoms with Gasteiger partial charge in [-0.25, -0.2) is 13.6 Å². The molecule has 26 heavy (non-hydrogen) atoms. The van der Waals surface area contributed by atoms with Crippen molar-refractivity contribution < 1.29 is 13.6 Å². The number of carbonyl (C=O) groups excluding carboxylic acids is 1. The van der Waals surface area contributed by atoms with Crippen LogP contribution in [0.1, 0.15) is 35.8 Å². The summed E-state index contributed by atoms with van der Waals surface area (Å²) in [5, 5.41) is 0. The zero-order chi connectivity index (χ0) is 18.1. The van der Waals surface area contributed by atoms with Gasteiger partial charge in [0, 0.05) is 38.0 Å². The largest absolute Gasteiger partial charge is 0.324 e. The molecule has 2 heterocycles. The molecule has 0 N–H and O–H groups in total. The van der Waals surface area contributed by atoms with Crippen LogP contribution >= 0.6 is 0 Å². The molecular weight excluding hydrogens is 334 g/mol. The van der Waals surface area contributed by atoms with Crippen molar-refractivity contribution in [3.8, 4) is 0 Å². The van der Waals surface area contributed by atoms with Crippen LogP contribution in [0.15, 0.2) is 48.5 Å². The van der Waals surface area contributed by atoms with E-state index in [4.69, 9.17) is 0 Å². The van der Waals surface area contributed by atoms with E-state index in [9.17, 15) is 13.6 Å². The van der Waals surface area contributed by atoms with Crippen LogP contribution in [0.4, 0.5) is 13.6 Å². The summed E-state index contributed by atoms with van der Waals surface area (Å²) in [5.74, 6) is -0.310. The minimum atomic E-state index is -0.201. The summed E-state index contributed by atoms with van der Waals surface area (Å²) < 4.78 is 28.0. The fourth-order valence-corrected chi connectivity index (χ4v) is 4.19. The monoisotopic (exact) mass is 356 g/mol. The second-order valence-electron chi connectivity index (χ2n) is 7.19. The summed E-state index contributed by atoms with van der Waals surface area (Å²) in [6, 6.07) is 13.6. The third kappa shape index (κ3) is 3.18. The molecule has 3 nitrogen and oxygen atoms in total. The number of benzene rings is 2. The van der Waals surface area contributed by atoms with E-state index in [1.165, 1.54) is 12.1 Å². The maximum atomic E-state index is 14.0. The lowest BCUT2D eigenvalue weighted by Crippen LogP contribution is -2.40. The molecule has 0 radical (unpaired) electrons. The van der Waals surface area contributed by atoms with Crippen LogP contribution in [0.3, 0.4) is 0 Å². The first-order valence-corrected chi connectivity index (χ1v) is 9.16. The summed E-state index contributed by atoms with van der Waals surface area (Å²) in [4.78, 5) is 16.4. The molecule has 0 aromatic heterocycles. The van der Waals surface area contributed by atoms with Crippen molar-refractivity contribution in [1.29, 1.82) is 0 Å². The lowest BCUT2D eigenvalue weighted by Gasteiger charge is -2.24. The molecule has 2 atom stereocenters. The fourth-order valence-electron chi connectivity index (χ4n) is 4.19. The minimum Gasteiger partial charge on any atom is -0.324 e. The van der Waals surface area contributed by atoms with E-state index in [1.54, 1.807) is 34.1 Å². The van der Waals surface area contributed by atoms with Crippen molar-refractivity contribution >= 4 is 6.03 Å². The van der Waals surface area contributed by atoms with E-state index >= 15 is 0 Å². The Morgan fingerprint density at radius 1 is 0.769 bits per heavy atom. The second-order valence-corrected chi connectivity index (χ2v) is 7.19. The highest BCUT2D eigenvalue weighted by molar-refractivity contribution is 5.75. The lowest BCUT2D eigenvalue weighted by atomic mass is 9.98. The average Bonchev–Trinajstić information content (AvgIpc) is 3.32. The number of nitrogens with zero attached hydrogens (tertiary/aromatic N) is 2. The van der Waals surface area contributed by atoms with Crippen molar-refractivity contribution in [2.24, 2.45) is 0 Å². The first kappa shape index (κ1) is 17.0. The summed E-state index contributed by atoms with van der Waals surface area (Å²) in [6.45, 7) is 2.36. The molecule has 2 unspecified atom stereocenters. The smallest absolute Gasteiger partial charge is 0.320 e. The molecule has 2 fully saturated rings. The topological polar surface area (TPSA) is 23.6 Å². The zero-order valence-electron chi connectivity index (χ0n) is 14.6. The van der Waals surface area contributed by atoms with Crippen LogP contribution in [-0.2, 0) is 0 Å². The van der Waals surface area contributed by atoms with Crippen LogP contribution < -0.4 is 0 Å². The van der Waals surface area contributed by atoms with E-state index < -0.39 is 0 Å². The number of carbonyl (C=O) groups is 1. The molecule has 2 aromatic rings. The van der Waals surface area contributed by atoms with E-state index in [-0.39, 0.29) is 29.5 Å². The number of likely N-dealkylation sites (tertiary alicyclic amines) is 2. The Hall–Kier alpha value is -2.43. The summed E-state index contributed by atoms with van der Waals surface area (Å²) >= 11 is 0. The van der Waals surface area contributed by atoms with E-state index in [0.717, 1.165) is 12.8 Å².